The monoisotopic (exact) mass is 176 g/mol. The van der Waals surface area contributed by atoms with Crippen LogP contribution in [0.15, 0.2) is 37.1 Å². The quantitative estimate of drug-likeness (QED) is 0.681. The molecule has 12 heavy (non-hydrogen) atoms. The highest BCUT2D eigenvalue weighted by Crippen LogP contribution is 2.14. The standard InChI is InChI=1S/C10H12OSi/c1-3-8-9(11)6-5-7-10(8)12-4-2/h3-7,11H,1-2,12H2. The van der Waals surface area contributed by atoms with Crippen LogP contribution in [0.4, 0.5) is 0 Å². The molecule has 1 aromatic rings. The van der Waals surface area contributed by atoms with Crippen LogP contribution >= 0.6 is 0 Å². The molecule has 62 valence electrons. The van der Waals surface area contributed by atoms with Gasteiger partial charge in [-0.3, -0.25) is 0 Å². The predicted octanol–water partition coefficient (Wildman–Crippen LogP) is 0.973. The van der Waals surface area contributed by atoms with Crippen LogP contribution in [0.2, 0.25) is 0 Å². The second kappa shape index (κ2) is 3.92. The van der Waals surface area contributed by atoms with E-state index in [1.807, 2.05) is 17.8 Å². The molecule has 0 aliphatic heterocycles. The van der Waals surface area contributed by atoms with Crippen molar-refractivity contribution in [1.29, 1.82) is 0 Å². The zero-order chi connectivity index (χ0) is 8.97. The van der Waals surface area contributed by atoms with Gasteiger partial charge in [0, 0.05) is 5.56 Å². The molecule has 2 heteroatoms. The number of benzene rings is 1. The molecule has 0 spiro atoms. The first-order valence-electron chi connectivity index (χ1n) is 3.83. The van der Waals surface area contributed by atoms with E-state index in [2.05, 4.69) is 13.2 Å². The molecule has 0 saturated carbocycles. The van der Waals surface area contributed by atoms with Crippen LogP contribution in [0.3, 0.4) is 0 Å². The van der Waals surface area contributed by atoms with Gasteiger partial charge < -0.3 is 5.11 Å². The molecule has 0 amide bonds. The fraction of sp³-hybridized carbons (Fsp3) is 0. The lowest BCUT2D eigenvalue weighted by molar-refractivity contribution is 0.474. The van der Waals surface area contributed by atoms with Crippen LogP contribution in [0.25, 0.3) is 6.08 Å². The molecule has 0 fully saturated rings. The van der Waals surface area contributed by atoms with Crippen molar-refractivity contribution in [2.75, 3.05) is 0 Å². The maximum atomic E-state index is 9.43. The Morgan fingerprint density at radius 1 is 1.33 bits per heavy atom. The van der Waals surface area contributed by atoms with Gasteiger partial charge in [-0.2, -0.15) is 0 Å². The molecule has 1 rings (SSSR count). The molecule has 0 saturated heterocycles. The van der Waals surface area contributed by atoms with Gasteiger partial charge in [0.05, 0.1) is 9.52 Å². The summed E-state index contributed by atoms with van der Waals surface area (Å²) in [5, 5.41) is 10.6. The molecule has 1 nitrogen and oxygen atoms in total. The molecule has 0 aliphatic carbocycles. The van der Waals surface area contributed by atoms with E-state index in [9.17, 15) is 5.11 Å². The maximum Gasteiger partial charge on any atom is 0.122 e. The van der Waals surface area contributed by atoms with Crippen molar-refractivity contribution in [2.24, 2.45) is 0 Å². The van der Waals surface area contributed by atoms with Crippen molar-refractivity contribution in [2.45, 2.75) is 0 Å². The summed E-state index contributed by atoms with van der Waals surface area (Å²) in [5.74, 6) is 0.317. The molecule has 0 aliphatic rings. The SMILES string of the molecule is C=C[SiH2]c1cccc(O)c1C=C. The van der Waals surface area contributed by atoms with Crippen molar-refractivity contribution in [3.8, 4) is 5.75 Å². The Balaban J connectivity index is 3.17. The van der Waals surface area contributed by atoms with Gasteiger partial charge in [-0.1, -0.05) is 30.0 Å². The van der Waals surface area contributed by atoms with Gasteiger partial charge in [0.1, 0.15) is 5.75 Å². The van der Waals surface area contributed by atoms with Crippen molar-refractivity contribution >= 4 is 20.8 Å². The summed E-state index contributed by atoms with van der Waals surface area (Å²) in [6, 6.07) is 5.55. The molecule has 0 radical (unpaired) electrons. The Morgan fingerprint density at radius 2 is 2.08 bits per heavy atom. The summed E-state index contributed by atoms with van der Waals surface area (Å²) in [7, 11) is -0.430. The minimum atomic E-state index is -0.430. The first kappa shape index (κ1) is 8.81. The fourth-order valence-corrected chi connectivity index (χ4v) is 2.30. The minimum absolute atomic E-state index is 0.317. The Morgan fingerprint density at radius 3 is 2.67 bits per heavy atom. The average Bonchev–Trinajstić information content (AvgIpc) is 2.05. The second-order valence-electron chi connectivity index (χ2n) is 2.55. The van der Waals surface area contributed by atoms with Crippen molar-refractivity contribution in [3.05, 3.63) is 42.6 Å². The molecule has 1 aromatic carbocycles. The summed E-state index contributed by atoms with van der Waals surface area (Å²) in [5.41, 5.74) is 2.81. The van der Waals surface area contributed by atoms with E-state index in [4.69, 9.17) is 0 Å². The van der Waals surface area contributed by atoms with E-state index >= 15 is 0 Å². The van der Waals surface area contributed by atoms with Gasteiger partial charge in [-0.15, -0.1) is 12.3 Å². The number of aromatic hydroxyl groups is 1. The van der Waals surface area contributed by atoms with Crippen LogP contribution in [-0.2, 0) is 0 Å². The van der Waals surface area contributed by atoms with Gasteiger partial charge in [-0.05, 0) is 6.07 Å². The first-order chi connectivity index (χ1) is 5.79. The lowest BCUT2D eigenvalue weighted by atomic mass is 10.2. The third kappa shape index (κ3) is 1.65. The molecule has 0 aromatic heterocycles. The average molecular weight is 176 g/mol. The number of hydrogen-bond donors (Lipinski definition) is 1. The van der Waals surface area contributed by atoms with Gasteiger partial charge in [-0.25, -0.2) is 0 Å². The molecule has 0 atom stereocenters. The maximum absolute atomic E-state index is 9.43. The molecule has 0 unspecified atom stereocenters. The van der Waals surface area contributed by atoms with Crippen LogP contribution < -0.4 is 5.19 Å². The Bertz CT molecular complexity index is 305. The largest absolute Gasteiger partial charge is 0.507 e. The number of phenolic OH excluding ortho intramolecular Hbond substituents is 1. The minimum Gasteiger partial charge on any atom is -0.507 e. The van der Waals surface area contributed by atoms with Gasteiger partial charge in [0.15, 0.2) is 0 Å². The van der Waals surface area contributed by atoms with Crippen molar-refractivity contribution in [3.63, 3.8) is 0 Å². The summed E-state index contributed by atoms with van der Waals surface area (Å²) in [4.78, 5) is 0. The van der Waals surface area contributed by atoms with Crippen LogP contribution in [0, 0.1) is 0 Å². The third-order valence-corrected chi connectivity index (χ3v) is 3.09. The highest BCUT2D eigenvalue weighted by molar-refractivity contribution is 6.59. The predicted molar refractivity (Wildman–Crippen MR) is 56.6 cm³/mol. The van der Waals surface area contributed by atoms with Crippen molar-refractivity contribution < 1.29 is 5.11 Å². The van der Waals surface area contributed by atoms with E-state index in [0.29, 0.717) is 5.75 Å². The second-order valence-corrected chi connectivity index (χ2v) is 4.29. The van der Waals surface area contributed by atoms with Crippen molar-refractivity contribution in [1.82, 2.24) is 0 Å². The summed E-state index contributed by atoms with van der Waals surface area (Å²) in [6.07, 6.45) is 1.70. The Hall–Kier alpha value is -1.28. The van der Waals surface area contributed by atoms with E-state index in [1.54, 1.807) is 12.1 Å². The van der Waals surface area contributed by atoms with E-state index < -0.39 is 9.52 Å². The zero-order valence-electron chi connectivity index (χ0n) is 6.96. The summed E-state index contributed by atoms with van der Waals surface area (Å²) in [6.45, 7) is 7.37. The fourth-order valence-electron chi connectivity index (χ4n) is 1.17. The molecule has 1 N–H and O–H groups in total. The highest BCUT2D eigenvalue weighted by atomic mass is 28.2. The van der Waals surface area contributed by atoms with Gasteiger partial charge in [0.25, 0.3) is 0 Å². The number of rotatable bonds is 3. The van der Waals surface area contributed by atoms with E-state index in [1.165, 1.54) is 5.19 Å². The zero-order valence-corrected chi connectivity index (χ0v) is 8.37. The van der Waals surface area contributed by atoms with Crippen LogP contribution in [-0.4, -0.2) is 14.6 Å². The Kier molecular flexibility index (Phi) is 2.88. The van der Waals surface area contributed by atoms with E-state index in [-0.39, 0.29) is 0 Å². The normalized spacial score (nSPS) is 10.3. The highest BCUT2D eigenvalue weighted by Gasteiger charge is 2.01. The van der Waals surface area contributed by atoms with E-state index in [0.717, 1.165) is 5.56 Å². The lowest BCUT2D eigenvalue weighted by Gasteiger charge is -2.04. The molecule has 0 heterocycles. The Labute approximate surface area is 74.9 Å². The van der Waals surface area contributed by atoms with Gasteiger partial charge in [0.2, 0.25) is 0 Å². The third-order valence-electron chi connectivity index (χ3n) is 1.74. The summed E-state index contributed by atoms with van der Waals surface area (Å²) < 4.78 is 0. The first-order valence-corrected chi connectivity index (χ1v) is 5.36. The number of hydrogen-bond acceptors (Lipinski definition) is 1. The lowest BCUT2D eigenvalue weighted by Crippen LogP contribution is -2.14. The smallest absolute Gasteiger partial charge is 0.122 e. The number of phenols is 1. The van der Waals surface area contributed by atoms with Crippen LogP contribution in [0.5, 0.6) is 5.75 Å². The summed E-state index contributed by atoms with van der Waals surface area (Å²) >= 11 is 0. The van der Waals surface area contributed by atoms with Gasteiger partial charge >= 0.3 is 0 Å². The van der Waals surface area contributed by atoms with Crippen LogP contribution in [0.1, 0.15) is 5.56 Å². The topological polar surface area (TPSA) is 20.2 Å². The molecular formula is C10H12OSi. The molecule has 0 bridgehead atoms. The molecular weight excluding hydrogens is 164 g/mol.